The van der Waals surface area contributed by atoms with E-state index in [0.717, 1.165) is 18.0 Å². The van der Waals surface area contributed by atoms with Crippen LogP contribution in [0.2, 0.25) is 5.15 Å². The summed E-state index contributed by atoms with van der Waals surface area (Å²) < 4.78 is 52.7. The first-order valence-electron chi connectivity index (χ1n) is 8.86. The van der Waals surface area contributed by atoms with Crippen molar-refractivity contribution in [3.63, 3.8) is 0 Å². The zero-order chi connectivity index (χ0) is 21.0. The third-order valence-electron chi connectivity index (χ3n) is 4.49. The molecule has 0 bridgehead atoms. The number of pyridine rings is 1. The van der Waals surface area contributed by atoms with Gasteiger partial charge in [-0.2, -0.15) is 0 Å². The number of amides is 1. The van der Waals surface area contributed by atoms with Crippen LogP contribution in [-0.4, -0.2) is 56.9 Å². The number of halogens is 3. The summed E-state index contributed by atoms with van der Waals surface area (Å²) in [6.45, 7) is 1.97. The lowest BCUT2D eigenvalue weighted by atomic mass is 10.2. The Morgan fingerprint density at radius 1 is 1.10 bits per heavy atom. The number of carbonyl (C=O) groups excluding carboxylic acids is 1. The molecule has 0 atom stereocenters. The molecule has 2 aromatic rings. The SMILES string of the molecule is O=C(CCNS(=O)(=O)c1ccc(F)c(F)c1)N1CCN(c2cccc(Cl)n2)CC1. The fraction of sp³-hybridized carbons (Fsp3) is 0.333. The zero-order valence-corrected chi connectivity index (χ0v) is 16.9. The zero-order valence-electron chi connectivity index (χ0n) is 15.3. The molecule has 7 nitrogen and oxygen atoms in total. The van der Waals surface area contributed by atoms with Crippen molar-refractivity contribution >= 4 is 33.3 Å². The third kappa shape index (κ3) is 5.40. The molecule has 1 aromatic carbocycles. The summed E-state index contributed by atoms with van der Waals surface area (Å²) in [6.07, 6.45) is -0.0433. The Bertz CT molecular complexity index is 998. The number of benzene rings is 1. The van der Waals surface area contributed by atoms with E-state index < -0.39 is 26.6 Å². The lowest BCUT2D eigenvalue weighted by molar-refractivity contribution is -0.131. The van der Waals surface area contributed by atoms with E-state index in [1.54, 1.807) is 17.0 Å². The number of carbonyl (C=O) groups is 1. The van der Waals surface area contributed by atoms with Crippen molar-refractivity contribution in [3.05, 3.63) is 53.2 Å². The number of anilines is 1. The van der Waals surface area contributed by atoms with Crippen LogP contribution in [0.3, 0.4) is 0 Å². The molecule has 1 aliphatic rings. The van der Waals surface area contributed by atoms with Crippen molar-refractivity contribution in [1.82, 2.24) is 14.6 Å². The highest BCUT2D eigenvalue weighted by Gasteiger charge is 2.23. The molecule has 29 heavy (non-hydrogen) atoms. The second-order valence-electron chi connectivity index (χ2n) is 6.41. The second-order valence-corrected chi connectivity index (χ2v) is 8.56. The first kappa shape index (κ1) is 21.4. The lowest BCUT2D eigenvalue weighted by Gasteiger charge is -2.35. The fourth-order valence-corrected chi connectivity index (χ4v) is 4.14. The summed E-state index contributed by atoms with van der Waals surface area (Å²) in [5.41, 5.74) is 0. The number of hydrogen-bond donors (Lipinski definition) is 1. The molecule has 3 rings (SSSR count). The molecule has 0 radical (unpaired) electrons. The number of piperazine rings is 1. The van der Waals surface area contributed by atoms with Crippen molar-refractivity contribution in [2.45, 2.75) is 11.3 Å². The van der Waals surface area contributed by atoms with Crippen LogP contribution in [-0.2, 0) is 14.8 Å². The minimum absolute atomic E-state index is 0.0433. The van der Waals surface area contributed by atoms with Gasteiger partial charge in [-0.05, 0) is 30.3 Å². The number of nitrogens with one attached hydrogen (secondary N) is 1. The third-order valence-corrected chi connectivity index (χ3v) is 6.16. The van der Waals surface area contributed by atoms with Gasteiger partial charge in [0.05, 0.1) is 4.90 Å². The number of rotatable bonds is 6. The van der Waals surface area contributed by atoms with E-state index in [1.165, 1.54) is 0 Å². The highest BCUT2D eigenvalue weighted by atomic mass is 35.5. The predicted molar refractivity (Wildman–Crippen MR) is 104 cm³/mol. The van der Waals surface area contributed by atoms with Crippen LogP contribution in [0.4, 0.5) is 14.6 Å². The molecule has 156 valence electrons. The molecule has 1 N–H and O–H groups in total. The van der Waals surface area contributed by atoms with Gasteiger partial charge in [-0.3, -0.25) is 4.79 Å². The number of aromatic nitrogens is 1. The van der Waals surface area contributed by atoms with E-state index in [1.807, 2.05) is 11.0 Å². The normalized spacial score (nSPS) is 14.9. The molecule has 1 aliphatic heterocycles. The molecule has 1 saturated heterocycles. The number of nitrogens with zero attached hydrogens (tertiary/aromatic N) is 3. The Hall–Kier alpha value is -2.30. The van der Waals surface area contributed by atoms with Gasteiger partial charge < -0.3 is 9.80 Å². The highest BCUT2D eigenvalue weighted by Crippen LogP contribution is 2.17. The van der Waals surface area contributed by atoms with Crippen molar-refractivity contribution in [2.24, 2.45) is 0 Å². The van der Waals surface area contributed by atoms with Gasteiger partial charge in [0.2, 0.25) is 15.9 Å². The molecule has 1 fully saturated rings. The maximum atomic E-state index is 13.2. The maximum absolute atomic E-state index is 13.2. The van der Waals surface area contributed by atoms with Gasteiger partial charge >= 0.3 is 0 Å². The summed E-state index contributed by atoms with van der Waals surface area (Å²) in [5, 5.41) is 0.398. The Morgan fingerprint density at radius 2 is 1.83 bits per heavy atom. The van der Waals surface area contributed by atoms with Crippen LogP contribution in [0.1, 0.15) is 6.42 Å². The van der Waals surface area contributed by atoms with Crippen LogP contribution in [0.15, 0.2) is 41.3 Å². The molecular formula is C18H19ClF2N4O3S. The van der Waals surface area contributed by atoms with E-state index in [4.69, 9.17) is 11.6 Å². The van der Waals surface area contributed by atoms with Crippen LogP contribution in [0, 0.1) is 11.6 Å². The number of sulfonamides is 1. The van der Waals surface area contributed by atoms with Gasteiger partial charge in [-0.1, -0.05) is 17.7 Å². The second kappa shape index (κ2) is 9.02. The topological polar surface area (TPSA) is 82.6 Å². The Kier molecular flexibility index (Phi) is 6.66. The predicted octanol–water partition coefficient (Wildman–Crippen LogP) is 2.03. The fourth-order valence-electron chi connectivity index (χ4n) is 2.94. The molecule has 0 aliphatic carbocycles. The van der Waals surface area contributed by atoms with Crippen LogP contribution >= 0.6 is 11.6 Å². The Balaban J connectivity index is 1.48. The largest absolute Gasteiger partial charge is 0.353 e. The summed E-state index contributed by atoms with van der Waals surface area (Å²) in [6, 6.07) is 7.64. The van der Waals surface area contributed by atoms with Gasteiger partial charge in [-0.25, -0.2) is 26.9 Å². The molecular weight excluding hydrogens is 426 g/mol. The molecule has 0 saturated carbocycles. The van der Waals surface area contributed by atoms with Crippen molar-refractivity contribution < 1.29 is 22.0 Å². The maximum Gasteiger partial charge on any atom is 0.240 e. The molecule has 1 amide bonds. The van der Waals surface area contributed by atoms with Crippen LogP contribution < -0.4 is 9.62 Å². The molecule has 2 heterocycles. The lowest BCUT2D eigenvalue weighted by Crippen LogP contribution is -2.49. The first-order chi connectivity index (χ1) is 13.8. The highest BCUT2D eigenvalue weighted by molar-refractivity contribution is 7.89. The minimum atomic E-state index is -4.03. The van der Waals surface area contributed by atoms with E-state index in [0.29, 0.717) is 37.4 Å². The van der Waals surface area contributed by atoms with Crippen molar-refractivity contribution in [3.8, 4) is 0 Å². The minimum Gasteiger partial charge on any atom is -0.353 e. The molecule has 11 heteroatoms. The van der Waals surface area contributed by atoms with Crippen LogP contribution in [0.5, 0.6) is 0 Å². The van der Waals surface area contributed by atoms with Gasteiger partial charge in [0.25, 0.3) is 0 Å². The van der Waals surface area contributed by atoms with E-state index in [2.05, 4.69) is 9.71 Å². The van der Waals surface area contributed by atoms with Gasteiger partial charge in [-0.15, -0.1) is 0 Å². The molecule has 0 unspecified atom stereocenters. The smallest absolute Gasteiger partial charge is 0.240 e. The first-order valence-corrected chi connectivity index (χ1v) is 10.7. The Labute approximate surface area is 172 Å². The van der Waals surface area contributed by atoms with Gasteiger partial charge in [0, 0.05) is 39.1 Å². The van der Waals surface area contributed by atoms with E-state index >= 15 is 0 Å². The van der Waals surface area contributed by atoms with E-state index in [-0.39, 0.29) is 18.9 Å². The van der Waals surface area contributed by atoms with Crippen molar-refractivity contribution in [1.29, 1.82) is 0 Å². The average molecular weight is 445 g/mol. The van der Waals surface area contributed by atoms with Gasteiger partial charge in [0.15, 0.2) is 11.6 Å². The van der Waals surface area contributed by atoms with E-state index in [9.17, 15) is 22.0 Å². The summed E-state index contributed by atoms with van der Waals surface area (Å²) in [5.74, 6) is -1.84. The standard InChI is InChI=1S/C18H19ClF2N4O3S/c19-16-2-1-3-17(23-16)24-8-10-25(11-9-24)18(26)6-7-22-29(27,28)13-4-5-14(20)15(21)12-13/h1-5,12,22H,6-11H2. The summed E-state index contributed by atoms with van der Waals surface area (Å²) in [4.78, 5) is 19.9. The van der Waals surface area contributed by atoms with Crippen LogP contribution in [0.25, 0.3) is 0 Å². The van der Waals surface area contributed by atoms with Crippen molar-refractivity contribution in [2.75, 3.05) is 37.6 Å². The average Bonchev–Trinajstić information content (AvgIpc) is 2.70. The summed E-state index contributed by atoms with van der Waals surface area (Å²) >= 11 is 5.90. The monoisotopic (exact) mass is 444 g/mol. The molecule has 0 spiro atoms. The van der Waals surface area contributed by atoms with Gasteiger partial charge in [0.1, 0.15) is 11.0 Å². The summed E-state index contributed by atoms with van der Waals surface area (Å²) in [7, 11) is -4.03. The molecule has 1 aromatic heterocycles. The number of hydrogen-bond acceptors (Lipinski definition) is 5. The Morgan fingerprint density at radius 3 is 2.48 bits per heavy atom. The quantitative estimate of drug-likeness (QED) is 0.689.